The van der Waals surface area contributed by atoms with Crippen LogP contribution >= 0.6 is 11.6 Å². The monoisotopic (exact) mass is 415 g/mol. The van der Waals surface area contributed by atoms with E-state index < -0.39 is 39.8 Å². The van der Waals surface area contributed by atoms with Crippen molar-refractivity contribution >= 4 is 21.6 Å². The van der Waals surface area contributed by atoms with Crippen LogP contribution in [0.5, 0.6) is 5.75 Å². The van der Waals surface area contributed by atoms with Crippen LogP contribution in [-0.4, -0.2) is 15.0 Å². The molecule has 0 aliphatic rings. The summed E-state index contributed by atoms with van der Waals surface area (Å²) < 4.78 is 94.7. The second kappa shape index (κ2) is 7.77. The van der Waals surface area contributed by atoms with Crippen molar-refractivity contribution in [2.24, 2.45) is 0 Å². The maximum atomic E-state index is 13.1. The summed E-state index contributed by atoms with van der Waals surface area (Å²) >= 11 is 5.51. The van der Waals surface area contributed by atoms with Gasteiger partial charge < -0.3 is 4.74 Å². The largest absolute Gasteiger partial charge is 0.434 e. The number of halogens is 6. The third kappa shape index (κ3) is 5.05. The van der Waals surface area contributed by atoms with Crippen molar-refractivity contribution in [3.05, 3.63) is 58.6 Å². The van der Waals surface area contributed by atoms with E-state index in [9.17, 15) is 30.4 Å². The molecule has 0 fully saturated rings. The van der Waals surface area contributed by atoms with Crippen LogP contribution in [-0.2, 0) is 22.7 Å². The van der Waals surface area contributed by atoms with Crippen molar-refractivity contribution in [1.82, 2.24) is 4.72 Å². The van der Waals surface area contributed by atoms with Gasteiger partial charge in [-0.05, 0) is 24.3 Å². The third-order valence-electron chi connectivity index (χ3n) is 3.18. The minimum atomic E-state index is -4.95. The Balaban J connectivity index is 2.32. The first-order valence-corrected chi connectivity index (χ1v) is 8.76. The molecule has 0 spiro atoms. The summed E-state index contributed by atoms with van der Waals surface area (Å²) in [5.41, 5.74) is -1.41. The standard InChI is InChI=1S/C15H11ClF5NO3S/c16-10-5-6-13(11(7-10)15(19,20)21)26(23,24)22-8-9-3-1-2-4-12(9)25-14(17)18/h1-7,14,22H,8H2. The van der Waals surface area contributed by atoms with E-state index >= 15 is 0 Å². The number of alkyl halides is 5. The van der Waals surface area contributed by atoms with Crippen LogP contribution in [0.15, 0.2) is 47.4 Å². The zero-order valence-electron chi connectivity index (χ0n) is 12.7. The van der Waals surface area contributed by atoms with Crippen molar-refractivity contribution in [2.45, 2.75) is 24.2 Å². The summed E-state index contributed by atoms with van der Waals surface area (Å²) in [7, 11) is -4.61. The molecule has 26 heavy (non-hydrogen) atoms. The Morgan fingerprint density at radius 2 is 1.77 bits per heavy atom. The number of hydrogen-bond acceptors (Lipinski definition) is 3. The van der Waals surface area contributed by atoms with Gasteiger partial charge in [0.1, 0.15) is 5.75 Å². The Labute approximate surface area is 150 Å². The Hall–Kier alpha value is -1.91. The molecule has 2 aromatic rings. The van der Waals surface area contributed by atoms with Crippen LogP contribution in [0.1, 0.15) is 11.1 Å². The van der Waals surface area contributed by atoms with Crippen molar-refractivity contribution in [3.63, 3.8) is 0 Å². The molecule has 0 aromatic heterocycles. The van der Waals surface area contributed by atoms with Gasteiger partial charge in [-0.15, -0.1) is 0 Å². The fourth-order valence-electron chi connectivity index (χ4n) is 2.07. The molecule has 4 nitrogen and oxygen atoms in total. The average molecular weight is 416 g/mol. The number of nitrogens with one attached hydrogen (secondary N) is 1. The molecule has 0 bridgehead atoms. The lowest BCUT2D eigenvalue weighted by atomic mass is 10.2. The van der Waals surface area contributed by atoms with Gasteiger partial charge in [-0.2, -0.15) is 22.0 Å². The minimum Gasteiger partial charge on any atom is -0.434 e. The summed E-state index contributed by atoms with van der Waals surface area (Å²) in [4.78, 5) is -1.03. The second-order valence-corrected chi connectivity index (χ2v) is 7.12. The third-order valence-corrected chi connectivity index (χ3v) is 4.87. The van der Waals surface area contributed by atoms with Gasteiger partial charge in [0.25, 0.3) is 0 Å². The lowest BCUT2D eigenvalue weighted by Gasteiger charge is -2.15. The zero-order chi connectivity index (χ0) is 19.5. The molecule has 0 saturated heterocycles. The van der Waals surface area contributed by atoms with Crippen LogP contribution in [0.2, 0.25) is 5.02 Å². The van der Waals surface area contributed by atoms with E-state index in [0.717, 1.165) is 12.1 Å². The maximum absolute atomic E-state index is 13.1. The van der Waals surface area contributed by atoms with Gasteiger partial charge in [-0.25, -0.2) is 13.1 Å². The van der Waals surface area contributed by atoms with Gasteiger partial charge in [0.2, 0.25) is 10.0 Å². The van der Waals surface area contributed by atoms with Crippen molar-refractivity contribution in [1.29, 1.82) is 0 Å². The molecule has 0 atom stereocenters. The van der Waals surface area contributed by atoms with Gasteiger partial charge in [0.05, 0.1) is 10.5 Å². The van der Waals surface area contributed by atoms with E-state index in [0.29, 0.717) is 6.07 Å². The maximum Gasteiger partial charge on any atom is 0.417 e. The van der Waals surface area contributed by atoms with Crippen LogP contribution in [0.25, 0.3) is 0 Å². The van der Waals surface area contributed by atoms with Crippen LogP contribution in [0.4, 0.5) is 22.0 Å². The van der Waals surface area contributed by atoms with E-state index in [4.69, 9.17) is 11.6 Å². The van der Waals surface area contributed by atoms with Crippen LogP contribution in [0.3, 0.4) is 0 Å². The Morgan fingerprint density at radius 1 is 1.12 bits per heavy atom. The number of benzene rings is 2. The highest BCUT2D eigenvalue weighted by Crippen LogP contribution is 2.36. The lowest BCUT2D eigenvalue weighted by molar-refractivity contribution is -0.139. The Morgan fingerprint density at radius 3 is 2.38 bits per heavy atom. The molecule has 0 unspecified atom stereocenters. The quantitative estimate of drug-likeness (QED) is 0.710. The molecular weight excluding hydrogens is 405 g/mol. The van der Waals surface area contributed by atoms with E-state index in [1.165, 1.54) is 24.3 Å². The van der Waals surface area contributed by atoms with Crippen molar-refractivity contribution < 1.29 is 35.1 Å². The number of hydrogen-bond donors (Lipinski definition) is 1. The molecule has 0 aliphatic carbocycles. The highest BCUT2D eigenvalue weighted by molar-refractivity contribution is 7.89. The first-order chi connectivity index (χ1) is 12.0. The summed E-state index contributed by atoms with van der Waals surface area (Å²) in [6.07, 6.45) is -4.95. The summed E-state index contributed by atoms with van der Waals surface area (Å²) in [5, 5.41) is -0.285. The lowest BCUT2D eigenvalue weighted by Crippen LogP contribution is -2.26. The summed E-state index contributed by atoms with van der Waals surface area (Å²) in [6, 6.07) is 7.51. The molecule has 0 heterocycles. The van der Waals surface area contributed by atoms with Gasteiger partial charge >= 0.3 is 12.8 Å². The zero-order valence-corrected chi connectivity index (χ0v) is 14.3. The molecule has 1 N–H and O–H groups in total. The first-order valence-electron chi connectivity index (χ1n) is 6.90. The Kier molecular flexibility index (Phi) is 6.09. The van der Waals surface area contributed by atoms with E-state index in [1.54, 1.807) is 0 Å². The number of ether oxygens (including phenoxy) is 1. The van der Waals surface area contributed by atoms with Gasteiger partial charge in [0, 0.05) is 17.1 Å². The van der Waals surface area contributed by atoms with E-state index in [-0.39, 0.29) is 16.3 Å². The second-order valence-electron chi connectivity index (χ2n) is 4.95. The van der Waals surface area contributed by atoms with Crippen molar-refractivity contribution in [3.8, 4) is 5.75 Å². The summed E-state index contributed by atoms with van der Waals surface area (Å²) in [5.74, 6) is -0.294. The molecule has 142 valence electrons. The highest BCUT2D eigenvalue weighted by Gasteiger charge is 2.37. The number of para-hydroxylation sites is 1. The summed E-state index contributed by atoms with van der Waals surface area (Å²) in [6.45, 7) is -3.69. The number of rotatable bonds is 6. The molecule has 0 aliphatic heterocycles. The molecule has 11 heteroatoms. The fourth-order valence-corrected chi connectivity index (χ4v) is 3.45. The Bertz CT molecular complexity index is 887. The van der Waals surface area contributed by atoms with Crippen molar-refractivity contribution in [2.75, 3.05) is 0 Å². The smallest absolute Gasteiger partial charge is 0.417 e. The van der Waals surface area contributed by atoms with Crippen LogP contribution in [0, 0.1) is 0 Å². The van der Waals surface area contributed by atoms with Gasteiger partial charge in [0.15, 0.2) is 0 Å². The molecule has 0 amide bonds. The highest BCUT2D eigenvalue weighted by atomic mass is 35.5. The van der Waals surface area contributed by atoms with Crippen LogP contribution < -0.4 is 9.46 Å². The molecule has 0 radical (unpaired) electrons. The first kappa shape index (κ1) is 20.4. The van der Waals surface area contributed by atoms with E-state index in [2.05, 4.69) is 4.74 Å². The topological polar surface area (TPSA) is 55.4 Å². The fraction of sp³-hybridized carbons (Fsp3) is 0.200. The van der Waals surface area contributed by atoms with E-state index in [1.807, 2.05) is 4.72 Å². The predicted octanol–water partition coefficient (Wildman–Crippen LogP) is 4.44. The minimum absolute atomic E-state index is 0.0268. The normalized spacial score (nSPS) is 12.4. The van der Waals surface area contributed by atoms with Gasteiger partial charge in [-0.1, -0.05) is 29.8 Å². The molecule has 2 rings (SSSR count). The predicted molar refractivity (Wildman–Crippen MR) is 83.6 cm³/mol. The molecule has 0 saturated carbocycles. The molecule has 2 aromatic carbocycles. The van der Waals surface area contributed by atoms with Gasteiger partial charge in [-0.3, -0.25) is 0 Å². The SMILES string of the molecule is O=S(=O)(NCc1ccccc1OC(F)F)c1ccc(Cl)cc1C(F)(F)F. The average Bonchev–Trinajstić information content (AvgIpc) is 2.52. The molecular formula is C15H11ClF5NO3S. The number of sulfonamides is 1.